The number of hydrogen-bond acceptors (Lipinski definition) is 6. The Balaban J connectivity index is 1.33. The standard InChI is InChI=1S/C23H24FN7O2/c1-15-8-11-29(23-27-19-7-6-16(24)14-18(19)21(32)28-23)12-13-30(15)22(33)17-4-2-3-5-20(17)31-25-9-10-26-31/h2-7,9-10,14-15,23,27H,8,11-13H2,1H3,(H,28,32). The van der Waals surface area contributed by atoms with Crippen molar-refractivity contribution in [2.45, 2.75) is 25.7 Å². The fourth-order valence-corrected chi connectivity index (χ4v) is 4.36. The van der Waals surface area contributed by atoms with Crippen molar-refractivity contribution in [1.29, 1.82) is 0 Å². The van der Waals surface area contributed by atoms with Crippen molar-refractivity contribution >= 4 is 17.5 Å². The summed E-state index contributed by atoms with van der Waals surface area (Å²) in [6, 6.07) is 11.4. The molecular formula is C23H24FN7O2. The number of fused-ring (bicyclic) bond motifs is 1. The molecule has 5 rings (SSSR count). The second-order valence-corrected chi connectivity index (χ2v) is 8.22. The molecule has 0 bridgehead atoms. The summed E-state index contributed by atoms with van der Waals surface area (Å²) in [7, 11) is 0. The van der Waals surface area contributed by atoms with Crippen LogP contribution in [-0.2, 0) is 0 Å². The highest BCUT2D eigenvalue weighted by Crippen LogP contribution is 2.24. The monoisotopic (exact) mass is 449 g/mol. The van der Waals surface area contributed by atoms with Crippen LogP contribution in [0.3, 0.4) is 0 Å². The van der Waals surface area contributed by atoms with E-state index < -0.39 is 12.1 Å². The molecule has 1 saturated heterocycles. The average molecular weight is 449 g/mol. The summed E-state index contributed by atoms with van der Waals surface area (Å²) in [6.45, 7) is 3.76. The molecule has 2 aliphatic heterocycles. The molecule has 2 aliphatic rings. The summed E-state index contributed by atoms with van der Waals surface area (Å²) >= 11 is 0. The Morgan fingerprint density at radius 2 is 1.85 bits per heavy atom. The third-order valence-electron chi connectivity index (χ3n) is 6.18. The van der Waals surface area contributed by atoms with Gasteiger partial charge in [0.1, 0.15) is 5.82 Å². The van der Waals surface area contributed by atoms with E-state index in [4.69, 9.17) is 0 Å². The van der Waals surface area contributed by atoms with E-state index >= 15 is 0 Å². The van der Waals surface area contributed by atoms with Gasteiger partial charge in [-0.15, -0.1) is 0 Å². The summed E-state index contributed by atoms with van der Waals surface area (Å²) < 4.78 is 13.5. The quantitative estimate of drug-likeness (QED) is 0.636. The molecule has 33 heavy (non-hydrogen) atoms. The van der Waals surface area contributed by atoms with Gasteiger partial charge in [0.15, 0.2) is 6.29 Å². The molecule has 3 aromatic rings. The van der Waals surface area contributed by atoms with Crippen LogP contribution in [0.4, 0.5) is 10.1 Å². The first-order valence-electron chi connectivity index (χ1n) is 10.9. The zero-order valence-electron chi connectivity index (χ0n) is 18.1. The van der Waals surface area contributed by atoms with Crippen LogP contribution < -0.4 is 10.6 Å². The zero-order valence-corrected chi connectivity index (χ0v) is 18.1. The molecule has 1 aromatic heterocycles. The van der Waals surface area contributed by atoms with Crippen molar-refractivity contribution in [3.8, 4) is 5.69 Å². The summed E-state index contributed by atoms with van der Waals surface area (Å²) in [5.74, 6) is -0.856. The molecule has 9 nitrogen and oxygen atoms in total. The van der Waals surface area contributed by atoms with Crippen molar-refractivity contribution in [3.63, 3.8) is 0 Å². The number of nitrogens with zero attached hydrogens (tertiary/aromatic N) is 5. The van der Waals surface area contributed by atoms with Crippen LogP contribution in [0.2, 0.25) is 0 Å². The molecule has 2 N–H and O–H groups in total. The van der Waals surface area contributed by atoms with Crippen LogP contribution >= 0.6 is 0 Å². The highest BCUT2D eigenvalue weighted by molar-refractivity contribution is 6.01. The fourth-order valence-electron chi connectivity index (χ4n) is 4.36. The zero-order chi connectivity index (χ0) is 22.9. The van der Waals surface area contributed by atoms with Crippen LogP contribution in [0.25, 0.3) is 5.69 Å². The van der Waals surface area contributed by atoms with Crippen molar-refractivity contribution < 1.29 is 14.0 Å². The van der Waals surface area contributed by atoms with Crippen molar-refractivity contribution in [2.75, 3.05) is 25.0 Å². The van der Waals surface area contributed by atoms with E-state index in [1.165, 1.54) is 16.9 Å². The molecule has 1 fully saturated rings. The van der Waals surface area contributed by atoms with Crippen LogP contribution in [0, 0.1) is 5.82 Å². The Bertz CT molecular complexity index is 1180. The van der Waals surface area contributed by atoms with Gasteiger partial charge in [0, 0.05) is 31.4 Å². The summed E-state index contributed by atoms with van der Waals surface area (Å²) in [4.78, 5) is 31.5. The lowest BCUT2D eigenvalue weighted by atomic mass is 10.1. The Morgan fingerprint density at radius 1 is 1.06 bits per heavy atom. The maximum absolute atomic E-state index is 13.5. The minimum atomic E-state index is -0.451. The van der Waals surface area contributed by atoms with Gasteiger partial charge in [0.25, 0.3) is 11.8 Å². The van der Waals surface area contributed by atoms with E-state index in [1.807, 2.05) is 30.0 Å². The van der Waals surface area contributed by atoms with Gasteiger partial charge in [0.05, 0.1) is 29.2 Å². The van der Waals surface area contributed by atoms with Gasteiger partial charge in [0.2, 0.25) is 0 Å². The lowest BCUT2D eigenvalue weighted by molar-refractivity contribution is 0.0693. The van der Waals surface area contributed by atoms with E-state index in [9.17, 15) is 14.0 Å². The summed E-state index contributed by atoms with van der Waals surface area (Å²) in [6.07, 6.45) is 3.45. The molecule has 2 amide bonds. The number of carbonyl (C=O) groups is 2. The van der Waals surface area contributed by atoms with Crippen molar-refractivity contribution in [1.82, 2.24) is 30.1 Å². The first-order valence-corrected chi connectivity index (χ1v) is 10.9. The van der Waals surface area contributed by atoms with Crippen LogP contribution in [-0.4, -0.2) is 68.6 Å². The summed E-state index contributed by atoms with van der Waals surface area (Å²) in [5.41, 5.74) is 2.05. The van der Waals surface area contributed by atoms with E-state index in [1.54, 1.807) is 24.5 Å². The molecule has 0 aliphatic carbocycles. The maximum Gasteiger partial charge on any atom is 0.256 e. The number of rotatable bonds is 3. The Hall–Kier alpha value is -3.79. The lowest BCUT2D eigenvalue weighted by Gasteiger charge is -2.36. The first kappa shape index (κ1) is 21.1. The number of aromatic nitrogens is 3. The highest BCUT2D eigenvalue weighted by Gasteiger charge is 2.33. The maximum atomic E-state index is 13.5. The van der Waals surface area contributed by atoms with E-state index in [-0.39, 0.29) is 23.4 Å². The minimum Gasteiger partial charge on any atom is -0.352 e. The fraction of sp³-hybridized carbons (Fsp3) is 0.304. The Labute approximate surface area is 190 Å². The Kier molecular flexibility index (Phi) is 5.51. The molecule has 2 unspecified atom stereocenters. The second kappa shape index (κ2) is 8.62. The number of carbonyl (C=O) groups excluding carboxylic acids is 2. The third-order valence-corrected chi connectivity index (χ3v) is 6.18. The van der Waals surface area contributed by atoms with Crippen LogP contribution in [0.1, 0.15) is 34.1 Å². The molecule has 2 atom stereocenters. The number of hydrogen-bond donors (Lipinski definition) is 2. The predicted molar refractivity (Wildman–Crippen MR) is 119 cm³/mol. The molecule has 2 aromatic carbocycles. The molecule has 10 heteroatoms. The van der Waals surface area contributed by atoms with Gasteiger partial charge < -0.3 is 15.5 Å². The van der Waals surface area contributed by atoms with Crippen molar-refractivity contribution in [2.24, 2.45) is 0 Å². The van der Waals surface area contributed by atoms with Crippen LogP contribution in [0.5, 0.6) is 0 Å². The number of halogens is 1. The van der Waals surface area contributed by atoms with Gasteiger partial charge in [-0.1, -0.05) is 12.1 Å². The van der Waals surface area contributed by atoms with Gasteiger partial charge >= 0.3 is 0 Å². The van der Waals surface area contributed by atoms with E-state index in [0.717, 1.165) is 6.42 Å². The Morgan fingerprint density at radius 3 is 2.67 bits per heavy atom. The lowest BCUT2D eigenvalue weighted by Crippen LogP contribution is -2.56. The third kappa shape index (κ3) is 4.05. The molecule has 0 saturated carbocycles. The largest absolute Gasteiger partial charge is 0.352 e. The number of amides is 2. The van der Waals surface area contributed by atoms with E-state index in [2.05, 4.69) is 25.7 Å². The smallest absolute Gasteiger partial charge is 0.256 e. The number of benzene rings is 2. The van der Waals surface area contributed by atoms with Gasteiger partial charge in [-0.3, -0.25) is 14.5 Å². The molecular weight excluding hydrogens is 425 g/mol. The first-order chi connectivity index (χ1) is 16.0. The molecule has 170 valence electrons. The van der Waals surface area contributed by atoms with Crippen molar-refractivity contribution in [3.05, 3.63) is 71.8 Å². The predicted octanol–water partition coefficient (Wildman–Crippen LogP) is 2.08. The van der Waals surface area contributed by atoms with Gasteiger partial charge in [-0.25, -0.2) is 4.39 Å². The molecule has 3 heterocycles. The average Bonchev–Trinajstić information content (AvgIpc) is 3.29. The molecule has 0 radical (unpaired) electrons. The van der Waals surface area contributed by atoms with Gasteiger partial charge in [-0.2, -0.15) is 15.0 Å². The topological polar surface area (TPSA) is 95.4 Å². The summed E-state index contributed by atoms with van der Waals surface area (Å²) in [5, 5.41) is 14.5. The van der Waals surface area contributed by atoms with Gasteiger partial charge in [-0.05, 0) is 43.7 Å². The number of para-hydroxylation sites is 1. The van der Waals surface area contributed by atoms with E-state index in [0.29, 0.717) is 36.6 Å². The van der Waals surface area contributed by atoms with Crippen LogP contribution in [0.15, 0.2) is 54.9 Å². The number of anilines is 1. The minimum absolute atomic E-state index is 0.00168. The second-order valence-electron chi connectivity index (χ2n) is 8.22. The highest BCUT2D eigenvalue weighted by atomic mass is 19.1. The molecule has 0 spiro atoms. The normalized spacial score (nSPS) is 21.0. The number of nitrogens with one attached hydrogen (secondary N) is 2. The SMILES string of the molecule is CC1CCN(C2NC(=O)c3cc(F)ccc3N2)CCN1C(=O)c1ccccc1-n1nccn1.